The van der Waals surface area contributed by atoms with Gasteiger partial charge in [0.2, 0.25) is 5.89 Å². The molecule has 0 radical (unpaired) electrons. The molecule has 0 bridgehead atoms. The minimum absolute atomic E-state index is 0. The molecule has 1 aromatic carbocycles. The van der Waals surface area contributed by atoms with E-state index in [0.717, 1.165) is 5.56 Å². The largest absolute Gasteiger partial charge is 0.494 e. The first-order valence-electron chi connectivity index (χ1n) is 8.73. The third kappa shape index (κ3) is 6.59. The minimum Gasteiger partial charge on any atom is -0.494 e. The van der Waals surface area contributed by atoms with E-state index in [-0.39, 0.29) is 41.9 Å². The van der Waals surface area contributed by atoms with Gasteiger partial charge in [-0.1, -0.05) is 11.2 Å². The Morgan fingerprint density at radius 3 is 2.71 bits per heavy atom. The predicted molar refractivity (Wildman–Crippen MR) is 114 cm³/mol. The molecule has 0 aliphatic heterocycles. The van der Waals surface area contributed by atoms with Crippen LogP contribution < -0.4 is 15.4 Å². The second-order valence-electron chi connectivity index (χ2n) is 5.83. The van der Waals surface area contributed by atoms with Crippen LogP contribution in [0.2, 0.25) is 0 Å². The molecule has 2 atom stereocenters. The average molecular weight is 507 g/mol. The first-order chi connectivity index (χ1) is 13.0. The molecule has 1 aromatic heterocycles. The van der Waals surface area contributed by atoms with Crippen molar-refractivity contribution in [1.82, 2.24) is 20.8 Å². The van der Waals surface area contributed by atoms with Crippen molar-refractivity contribution in [1.29, 1.82) is 0 Å². The number of ether oxygens (including phenoxy) is 2. The highest BCUT2D eigenvalue weighted by Gasteiger charge is 2.15. The van der Waals surface area contributed by atoms with Gasteiger partial charge in [-0.15, -0.1) is 24.0 Å². The first-order valence-corrected chi connectivity index (χ1v) is 8.73. The van der Waals surface area contributed by atoms with Crippen molar-refractivity contribution >= 4 is 29.9 Å². The molecule has 10 heteroatoms. The van der Waals surface area contributed by atoms with E-state index in [4.69, 9.17) is 14.0 Å². The van der Waals surface area contributed by atoms with Gasteiger partial charge >= 0.3 is 0 Å². The average Bonchev–Trinajstić information content (AvgIpc) is 3.14. The maximum absolute atomic E-state index is 13.9. The molecule has 2 rings (SSSR count). The maximum atomic E-state index is 13.9. The zero-order chi connectivity index (χ0) is 19.8. The number of nitrogens with zero attached hydrogens (tertiary/aromatic N) is 3. The smallest absolute Gasteiger partial charge is 0.246 e. The second-order valence-corrected chi connectivity index (χ2v) is 5.83. The molecule has 0 aliphatic carbocycles. The van der Waals surface area contributed by atoms with Gasteiger partial charge in [0.25, 0.3) is 0 Å². The van der Waals surface area contributed by atoms with Gasteiger partial charge in [-0.3, -0.25) is 4.99 Å². The lowest BCUT2D eigenvalue weighted by atomic mass is 10.1. The van der Waals surface area contributed by atoms with Gasteiger partial charge < -0.3 is 24.6 Å². The van der Waals surface area contributed by atoms with Crippen LogP contribution in [0.15, 0.2) is 27.7 Å². The van der Waals surface area contributed by atoms with E-state index in [9.17, 15) is 4.39 Å². The molecule has 2 aromatic rings. The second kappa shape index (κ2) is 11.8. The molecule has 0 amide bonds. The summed E-state index contributed by atoms with van der Waals surface area (Å²) in [6.07, 6.45) is -0.227. The summed E-state index contributed by atoms with van der Waals surface area (Å²) >= 11 is 0. The summed E-state index contributed by atoms with van der Waals surface area (Å²) in [6, 6.07) is 4.65. The Balaban J connectivity index is 0.00000392. The minimum atomic E-state index is -0.409. The molecule has 0 saturated carbocycles. The molecular weight excluding hydrogens is 480 g/mol. The molecule has 1 heterocycles. The monoisotopic (exact) mass is 507 g/mol. The quantitative estimate of drug-likeness (QED) is 0.322. The van der Waals surface area contributed by atoms with E-state index in [1.807, 2.05) is 20.8 Å². The molecule has 2 N–H and O–H groups in total. The van der Waals surface area contributed by atoms with Gasteiger partial charge in [0.15, 0.2) is 23.4 Å². The van der Waals surface area contributed by atoms with Crippen LogP contribution in [0.5, 0.6) is 5.75 Å². The summed E-state index contributed by atoms with van der Waals surface area (Å²) < 4.78 is 29.5. The van der Waals surface area contributed by atoms with Crippen LogP contribution in [0.1, 0.15) is 50.2 Å². The van der Waals surface area contributed by atoms with Crippen molar-refractivity contribution in [2.45, 2.75) is 39.5 Å². The van der Waals surface area contributed by atoms with Gasteiger partial charge in [0, 0.05) is 13.7 Å². The number of guanidine groups is 1. The Bertz CT molecular complexity index is 771. The van der Waals surface area contributed by atoms with Crippen LogP contribution in [-0.2, 0) is 11.3 Å². The van der Waals surface area contributed by atoms with Gasteiger partial charge in [-0.2, -0.15) is 4.98 Å². The van der Waals surface area contributed by atoms with E-state index in [2.05, 4.69) is 25.8 Å². The fourth-order valence-electron chi connectivity index (χ4n) is 2.42. The van der Waals surface area contributed by atoms with Crippen LogP contribution in [0.25, 0.3) is 0 Å². The van der Waals surface area contributed by atoms with Crippen molar-refractivity contribution in [2.24, 2.45) is 4.99 Å². The van der Waals surface area contributed by atoms with Crippen LogP contribution in [-0.4, -0.2) is 36.9 Å². The van der Waals surface area contributed by atoms with Crippen LogP contribution >= 0.6 is 24.0 Å². The number of hydrogen-bond acceptors (Lipinski definition) is 6. The maximum Gasteiger partial charge on any atom is 0.246 e. The van der Waals surface area contributed by atoms with Gasteiger partial charge in [-0.25, -0.2) is 4.39 Å². The molecular formula is C18H27FIN5O3. The lowest BCUT2D eigenvalue weighted by Crippen LogP contribution is -2.38. The van der Waals surface area contributed by atoms with E-state index in [1.165, 1.54) is 13.2 Å². The summed E-state index contributed by atoms with van der Waals surface area (Å²) in [4.78, 5) is 8.45. The fourth-order valence-corrected chi connectivity index (χ4v) is 2.42. The number of hydrogen-bond donors (Lipinski definition) is 2. The molecule has 0 spiro atoms. The van der Waals surface area contributed by atoms with Crippen LogP contribution in [0.4, 0.5) is 4.39 Å². The summed E-state index contributed by atoms with van der Waals surface area (Å²) in [5.41, 5.74) is 0.766. The SMILES string of the molecule is CCOC(C)c1noc(CNC(=NC)NC(C)c2ccc(OC)c(F)c2)n1.I. The van der Waals surface area contributed by atoms with Gasteiger partial charge in [-0.05, 0) is 38.5 Å². The third-order valence-corrected chi connectivity index (χ3v) is 3.92. The Kier molecular flexibility index (Phi) is 10.1. The predicted octanol–water partition coefficient (Wildman–Crippen LogP) is 3.36. The fraction of sp³-hybridized carbons (Fsp3) is 0.500. The van der Waals surface area contributed by atoms with Crippen molar-refractivity contribution in [3.8, 4) is 5.75 Å². The van der Waals surface area contributed by atoms with Crippen molar-refractivity contribution in [2.75, 3.05) is 20.8 Å². The highest BCUT2D eigenvalue weighted by Crippen LogP contribution is 2.21. The number of halogens is 2. The third-order valence-electron chi connectivity index (χ3n) is 3.92. The Morgan fingerprint density at radius 2 is 2.11 bits per heavy atom. The van der Waals surface area contributed by atoms with Crippen LogP contribution in [0.3, 0.4) is 0 Å². The highest BCUT2D eigenvalue weighted by atomic mass is 127. The van der Waals surface area contributed by atoms with Crippen molar-refractivity contribution in [3.63, 3.8) is 0 Å². The number of nitrogens with one attached hydrogen (secondary N) is 2. The topological polar surface area (TPSA) is 93.8 Å². The van der Waals surface area contributed by atoms with Crippen molar-refractivity contribution < 1.29 is 18.4 Å². The van der Waals surface area contributed by atoms with E-state index in [1.54, 1.807) is 19.2 Å². The highest BCUT2D eigenvalue weighted by molar-refractivity contribution is 14.0. The lowest BCUT2D eigenvalue weighted by Gasteiger charge is -2.18. The lowest BCUT2D eigenvalue weighted by molar-refractivity contribution is 0.0683. The molecule has 0 saturated heterocycles. The standard InChI is InChI=1S/C18H26FN5O3.HI/c1-6-26-12(3)17-23-16(27-24-17)10-21-18(20-4)22-11(2)13-7-8-15(25-5)14(19)9-13;/h7-9,11-12H,6,10H2,1-5H3,(H2,20,21,22);1H. The van der Waals surface area contributed by atoms with E-state index >= 15 is 0 Å². The van der Waals surface area contributed by atoms with Gasteiger partial charge in [0.05, 0.1) is 19.7 Å². The number of aromatic nitrogens is 2. The normalized spacial score (nSPS) is 13.4. The number of benzene rings is 1. The molecule has 0 aliphatic rings. The number of rotatable bonds is 8. The zero-order valence-electron chi connectivity index (χ0n) is 16.7. The molecule has 156 valence electrons. The molecule has 2 unspecified atom stereocenters. The number of methoxy groups -OCH3 is 1. The van der Waals surface area contributed by atoms with Crippen LogP contribution in [0, 0.1) is 5.82 Å². The molecule has 8 nitrogen and oxygen atoms in total. The Hall–Kier alpha value is -1.95. The first kappa shape index (κ1) is 24.1. The number of aliphatic imine (C=N–C) groups is 1. The van der Waals surface area contributed by atoms with E-state index < -0.39 is 5.82 Å². The molecule has 0 fully saturated rings. The molecule has 28 heavy (non-hydrogen) atoms. The summed E-state index contributed by atoms with van der Waals surface area (Å²) in [6.45, 7) is 6.55. The zero-order valence-corrected chi connectivity index (χ0v) is 19.0. The summed E-state index contributed by atoms with van der Waals surface area (Å²) in [5, 5.41) is 10.2. The van der Waals surface area contributed by atoms with E-state index in [0.29, 0.717) is 30.8 Å². The van der Waals surface area contributed by atoms with Crippen molar-refractivity contribution in [3.05, 3.63) is 41.3 Å². The Morgan fingerprint density at radius 1 is 1.36 bits per heavy atom. The summed E-state index contributed by atoms with van der Waals surface area (Å²) in [5.74, 6) is 1.24. The Labute approximate surface area is 181 Å². The summed E-state index contributed by atoms with van der Waals surface area (Å²) in [7, 11) is 3.08. The van der Waals surface area contributed by atoms with Gasteiger partial charge in [0.1, 0.15) is 6.10 Å².